The molecule has 0 radical (unpaired) electrons. The van der Waals surface area contributed by atoms with E-state index in [2.05, 4.69) is 10.3 Å². The number of rotatable bonds is 4. The van der Waals surface area contributed by atoms with Crippen molar-refractivity contribution in [2.24, 2.45) is 5.14 Å². The molecular weight excluding hydrogens is 280 g/mol. The van der Waals surface area contributed by atoms with Crippen molar-refractivity contribution in [3.8, 4) is 0 Å². The Hall–Kier alpha value is -2.19. The first-order valence-corrected chi connectivity index (χ1v) is 7.52. The third kappa shape index (κ3) is 3.43. The number of benzene rings is 1. The molecule has 0 bridgehead atoms. The zero-order valence-corrected chi connectivity index (χ0v) is 11.4. The Kier molecular flexibility index (Phi) is 3.86. The van der Waals surface area contributed by atoms with Crippen LogP contribution in [-0.2, 0) is 10.0 Å². The number of nitrogen functional groups attached to an aromatic ring is 1. The largest absolute Gasteiger partial charge is 0.383 e. The monoisotopic (exact) mass is 294 g/mol. The molecule has 7 nitrogen and oxygen atoms in total. The minimum absolute atomic E-state index is 0.0773. The SMILES string of the molecule is Nc1nc(C(=O)NCCS(N)(=O)=O)cc2ccccc12. The smallest absolute Gasteiger partial charge is 0.270 e. The van der Waals surface area contributed by atoms with Gasteiger partial charge in [-0.25, -0.2) is 18.5 Å². The summed E-state index contributed by atoms with van der Waals surface area (Å²) < 4.78 is 21.5. The molecule has 0 saturated heterocycles. The first kappa shape index (κ1) is 14.2. The lowest BCUT2D eigenvalue weighted by atomic mass is 10.1. The molecule has 0 spiro atoms. The molecule has 5 N–H and O–H groups in total. The fourth-order valence-corrected chi connectivity index (χ4v) is 2.13. The maximum Gasteiger partial charge on any atom is 0.270 e. The molecule has 1 aromatic heterocycles. The lowest BCUT2D eigenvalue weighted by Gasteiger charge is -2.07. The first-order valence-electron chi connectivity index (χ1n) is 5.81. The fourth-order valence-electron chi connectivity index (χ4n) is 1.74. The zero-order chi connectivity index (χ0) is 14.8. The van der Waals surface area contributed by atoms with E-state index in [0.717, 1.165) is 10.8 Å². The molecule has 0 aliphatic heterocycles. The van der Waals surface area contributed by atoms with E-state index < -0.39 is 15.9 Å². The van der Waals surface area contributed by atoms with E-state index in [0.29, 0.717) is 0 Å². The highest BCUT2D eigenvalue weighted by Gasteiger charge is 2.11. The lowest BCUT2D eigenvalue weighted by Crippen LogP contribution is -2.32. The van der Waals surface area contributed by atoms with Gasteiger partial charge >= 0.3 is 0 Å². The molecule has 0 saturated carbocycles. The third-order valence-corrected chi connectivity index (χ3v) is 3.45. The Bertz CT molecular complexity index is 758. The van der Waals surface area contributed by atoms with E-state index in [1.54, 1.807) is 12.1 Å². The molecule has 8 heteroatoms. The Morgan fingerprint density at radius 3 is 2.70 bits per heavy atom. The Morgan fingerprint density at radius 2 is 2.00 bits per heavy atom. The number of carbonyl (C=O) groups is 1. The Morgan fingerprint density at radius 1 is 1.30 bits per heavy atom. The number of aromatic nitrogens is 1. The summed E-state index contributed by atoms with van der Waals surface area (Å²) in [6.07, 6.45) is 0. The number of pyridine rings is 1. The summed E-state index contributed by atoms with van der Waals surface area (Å²) in [7, 11) is -3.60. The number of carbonyl (C=O) groups excluding carboxylic acids is 1. The summed E-state index contributed by atoms with van der Waals surface area (Å²) in [6, 6.07) is 8.86. The first-order chi connectivity index (χ1) is 9.37. The number of sulfonamides is 1. The van der Waals surface area contributed by atoms with Crippen LogP contribution in [-0.4, -0.2) is 31.6 Å². The van der Waals surface area contributed by atoms with E-state index >= 15 is 0 Å². The van der Waals surface area contributed by atoms with Crippen LogP contribution in [0.5, 0.6) is 0 Å². The van der Waals surface area contributed by atoms with Gasteiger partial charge in [0.1, 0.15) is 11.5 Å². The van der Waals surface area contributed by atoms with E-state index in [1.165, 1.54) is 0 Å². The molecule has 20 heavy (non-hydrogen) atoms. The number of fused-ring (bicyclic) bond motifs is 1. The molecule has 2 aromatic rings. The van der Waals surface area contributed by atoms with Gasteiger partial charge in [0, 0.05) is 11.9 Å². The normalized spacial score (nSPS) is 11.4. The van der Waals surface area contributed by atoms with Crippen LogP contribution in [0.15, 0.2) is 30.3 Å². The van der Waals surface area contributed by atoms with Crippen molar-refractivity contribution < 1.29 is 13.2 Å². The fraction of sp³-hybridized carbons (Fsp3) is 0.167. The zero-order valence-electron chi connectivity index (χ0n) is 10.5. The van der Waals surface area contributed by atoms with Crippen molar-refractivity contribution in [3.05, 3.63) is 36.0 Å². The molecule has 0 atom stereocenters. The number of amides is 1. The Labute approximate surface area is 116 Å². The predicted molar refractivity (Wildman–Crippen MR) is 76.5 cm³/mol. The number of hydrogen-bond acceptors (Lipinski definition) is 5. The highest BCUT2D eigenvalue weighted by Crippen LogP contribution is 2.19. The van der Waals surface area contributed by atoms with E-state index in [1.807, 2.05) is 18.2 Å². The molecule has 0 aliphatic carbocycles. The average Bonchev–Trinajstić information content (AvgIpc) is 2.37. The van der Waals surface area contributed by atoms with Crippen LogP contribution in [0, 0.1) is 0 Å². The number of nitrogens with one attached hydrogen (secondary N) is 1. The maximum absolute atomic E-state index is 11.9. The summed E-state index contributed by atoms with van der Waals surface area (Å²) in [4.78, 5) is 15.9. The number of nitrogens with zero attached hydrogens (tertiary/aromatic N) is 1. The molecule has 1 heterocycles. The molecular formula is C12H14N4O3S. The molecule has 0 unspecified atom stereocenters. The predicted octanol–water partition coefficient (Wildman–Crippen LogP) is -0.165. The molecule has 0 fully saturated rings. The maximum atomic E-state index is 11.9. The molecule has 1 aromatic carbocycles. The van der Waals surface area contributed by atoms with Crippen molar-refractivity contribution in [2.45, 2.75) is 0 Å². The van der Waals surface area contributed by atoms with Crippen LogP contribution < -0.4 is 16.2 Å². The minimum atomic E-state index is -3.60. The average molecular weight is 294 g/mol. The highest BCUT2D eigenvalue weighted by atomic mass is 32.2. The van der Waals surface area contributed by atoms with Gasteiger partial charge < -0.3 is 11.1 Å². The number of hydrogen-bond donors (Lipinski definition) is 3. The minimum Gasteiger partial charge on any atom is -0.383 e. The van der Waals surface area contributed by atoms with Crippen molar-refractivity contribution in [3.63, 3.8) is 0 Å². The number of anilines is 1. The summed E-state index contributed by atoms with van der Waals surface area (Å²) >= 11 is 0. The topological polar surface area (TPSA) is 128 Å². The third-order valence-electron chi connectivity index (χ3n) is 2.67. The van der Waals surface area contributed by atoms with Gasteiger partial charge in [-0.2, -0.15) is 0 Å². The van der Waals surface area contributed by atoms with Crippen LogP contribution in [0.4, 0.5) is 5.82 Å². The van der Waals surface area contributed by atoms with E-state index in [9.17, 15) is 13.2 Å². The summed E-state index contributed by atoms with van der Waals surface area (Å²) in [5.74, 6) is -0.576. The standard InChI is InChI=1S/C12H14N4O3S/c13-11-9-4-2-1-3-8(9)7-10(16-11)12(17)15-5-6-20(14,18)19/h1-4,7H,5-6H2,(H2,13,16)(H,15,17)(H2,14,18,19). The summed E-state index contributed by atoms with van der Waals surface area (Å²) in [5.41, 5.74) is 5.92. The van der Waals surface area contributed by atoms with Crippen LogP contribution in [0.3, 0.4) is 0 Å². The highest BCUT2D eigenvalue weighted by molar-refractivity contribution is 7.89. The van der Waals surface area contributed by atoms with Crippen LogP contribution >= 0.6 is 0 Å². The lowest BCUT2D eigenvalue weighted by molar-refractivity contribution is 0.0951. The van der Waals surface area contributed by atoms with Crippen molar-refractivity contribution in [2.75, 3.05) is 18.0 Å². The molecule has 0 aliphatic rings. The van der Waals surface area contributed by atoms with Crippen molar-refractivity contribution in [1.29, 1.82) is 0 Å². The second kappa shape index (κ2) is 5.43. The van der Waals surface area contributed by atoms with Crippen molar-refractivity contribution in [1.82, 2.24) is 10.3 Å². The van der Waals surface area contributed by atoms with Crippen LogP contribution in [0.1, 0.15) is 10.5 Å². The van der Waals surface area contributed by atoms with Gasteiger partial charge in [-0.1, -0.05) is 24.3 Å². The van der Waals surface area contributed by atoms with Gasteiger partial charge in [0.15, 0.2) is 0 Å². The van der Waals surface area contributed by atoms with Gasteiger partial charge in [0.25, 0.3) is 5.91 Å². The van der Waals surface area contributed by atoms with Gasteiger partial charge in [-0.05, 0) is 11.5 Å². The van der Waals surface area contributed by atoms with Crippen LogP contribution in [0.2, 0.25) is 0 Å². The number of primary sulfonamides is 1. The van der Waals surface area contributed by atoms with E-state index in [4.69, 9.17) is 10.9 Å². The molecule has 2 rings (SSSR count). The van der Waals surface area contributed by atoms with Gasteiger partial charge in [0.2, 0.25) is 10.0 Å². The van der Waals surface area contributed by atoms with Gasteiger partial charge in [-0.3, -0.25) is 4.79 Å². The summed E-state index contributed by atoms with van der Waals surface area (Å²) in [5, 5.41) is 8.82. The summed E-state index contributed by atoms with van der Waals surface area (Å²) in [6.45, 7) is -0.0773. The van der Waals surface area contributed by atoms with Gasteiger partial charge in [-0.15, -0.1) is 0 Å². The Balaban J connectivity index is 2.18. The van der Waals surface area contributed by atoms with Crippen molar-refractivity contribution >= 4 is 32.5 Å². The second-order valence-electron chi connectivity index (χ2n) is 4.24. The van der Waals surface area contributed by atoms with Gasteiger partial charge in [0.05, 0.1) is 5.75 Å². The second-order valence-corrected chi connectivity index (χ2v) is 5.97. The van der Waals surface area contributed by atoms with Crippen LogP contribution in [0.25, 0.3) is 10.8 Å². The number of nitrogens with two attached hydrogens (primary N) is 2. The van der Waals surface area contributed by atoms with E-state index in [-0.39, 0.29) is 23.8 Å². The molecule has 106 valence electrons. The molecule has 1 amide bonds. The quantitative estimate of drug-likeness (QED) is 0.721.